The molecule has 1 aliphatic carbocycles. The number of amides is 1. The second-order valence-corrected chi connectivity index (χ2v) is 19.5. The zero-order valence-corrected chi connectivity index (χ0v) is 40.7. The fourth-order valence-corrected chi connectivity index (χ4v) is 10.5. The maximum Gasteiger partial charge on any atom is 0.329 e. The summed E-state index contributed by atoms with van der Waals surface area (Å²) in [5, 5.41) is 23.9. The Morgan fingerprint density at radius 3 is 2.19 bits per heavy atom. The van der Waals surface area contributed by atoms with Crippen molar-refractivity contribution in [3.05, 3.63) is 58.7 Å². The van der Waals surface area contributed by atoms with Gasteiger partial charge < -0.3 is 43.5 Å². The van der Waals surface area contributed by atoms with Crippen LogP contribution in [0.5, 0.6) is 0 Å². The highest BCUT2D eigenvalue weighted by Gasteiger charge is 2.56. The fourth-order valence-electron chi connectivity index (χ4n) is 10.5. The molecule has 374 valence electrons. The van der Waals surface area contributed by atoms with Gasteiger partial charge in [-0.05, 0) is 108 Å². The molecule has 5 rings (SSSR count). The SMILES string of the molecule is CCC1/C=C(\C)CC(C)CC(OC)C2OC(O)(C(=O)C(=O)N3CCCCC3C(=O)OC(C(C)=CC3CCC(OCC(=O)c4cc(F)cc(F)c4)C(OC)C3)C(C)C(O)CC1=O)C(C)CC2OC. The summed E-state index contributed by atoms with van der Waals surface area (Å²) in [6, 6.07) is 1.39. The van der Waals surface area contributed by atoms with Gasteiger partial charge in [-0.1, -0.05) is 45.4 Å². The van der Waals surface area contributed by atoms with E-state index in [9.17, 15) is 43.0 Å². The van der Waals surface area contributed by atoms with E-state index >= 15 is 0 Å². The summed E-state index contributed by atoms with van der Waals surface area (Å²) in [6.45, 7) is 10.6. The van der Waals surface area contributed by atoms with E-state index in [0.717, 1.165) is 22.6 Å². The van der Waals surface area contributed by atoms with Crippen molar-refractivity contribution in [2.75, 3.05) is 34.5 Å². The lowest BCUT2D eigenvalue weighted by Gasteiger charge is -2.47. The Kier molecular flexibility index (Phi) is 19.6. The maximum atomic E-state index is 14.5. The van der Waals surface area contributed by atoms with E-state index in [1.54, 1.807) is 20.8 Å². The summed E-state index contributed by atoms with van der Waals surface area (Å²) in [5.74, 6) is -10.4. The van der Waals surface area contributed by atoms with Gasteiger partial charge in [0.1, 0.15) is 42.3 Å². The van der Waals surface area contributed by atoms with E-state index in [-0.39, 0.29) is 49.0 Å². The van der Waals surface area contributed by atoms with Gasteiger partial charge in [0.2, 0.25) is 5.79 Å². The van der Waals surface area contributed by atoms with Crippen molar-refractivity contribution in [2.45, 2.75) is 167 Å². The molecule has 3 fully saturated rings. The molecule has 1 aromatic carbocycles. The molecule has 14 unspecified atom stereocenters. The third-order valence-electron chi connectivity index (χ3n) is 14.5. The van der Waals surface area contributed by atoms with E-state index in [1.165, 1.54) is 21.3 Å². The standard InChI is InChI=1S/C51H73F2NO13/c1-10-34-18-28(2)17-29(3)19-44(63-8)47-45(64-9)21-31(5)51(61,67-47)48(58)49(59)54-16-12-11-13-38(54)50(60)66-46(32(6)39(55)26-40(34)56)30(4)20-33-14-15-42(43(22-33)62-7)65-27-41(57)35-23-36(52)25-37(53)24-35/h18,20,23-25,29,31-34,38-39,42-47,55,61H,10-17,19,21-22,26-27H2,1-9H3/b28-18+,30-20?. The number of carbonyl (C=O) groups is 5. The molecule has 67 heavy (non-hydrogen) atoms. The van der Waals surface area contributed by atoms with Gasteiger partial charge in [-0.15, -0.1) is 0 Å². The number of aliphatic hydroxyl groups excluding tert-OH is 1. The van der Waals surface area contributed by atoms with Crippen molar-refractivity contribution in [2.24, 2.45) is 29.6 Å². The topological polar surface area (TPSA) is 184 Å². The molecule has 2 bridgehead atoms. The third kappa shape index (κ3) is 13.3. The normalized spacial score (nSPS) is 36.6. The van der Waals surface area contributed by atoms with E-state index < -0.39 is 114 Å². The van der Waals surface area contributed by atoms with Crippen LogP contribution in [0.1, 0.15) is 123 Å². The van der Waals surface area contributed by atoms with Crippen LogP contribution in [0, 0.1) is 41.2 Å². The van der Waals surface area contributed by atoms with E-state index in [4.69, 9.17) is 28.4 Å². The van der Waals surface area contributed by atoms with Gasteiger partial charge >= 0.3 is 5.97 Å². The van der Waals surface area contributed by atoms with Gasteiger partial charge in [0.15, 0.2) is 5.78 Å². The summed E-state index contributed by atoms with van der Waals surface area (Å²) >= 11 is 0. The van der Waals surface area contributed by atoms with Gasteiger partial charge in [-0.25, -0.2) is 13.6 Å². The number of aliphatic hydroxyl groups is 2. The number of Topliss-reactive ketones (excluding diaryl/α,β-unsaturated/α-hetero) is 3. The second-order valence-electron chi connectivity index (χ2n) is 19.5. The van der Waals surface area contributed by atoms with Gasteiger partial charge in [-0.2, -0.15) is 0 Å². The number of carbonyl (C=O) groups excluding carboxylic acids is 5. The number of ether oxygens (including phenoxy) is 6. The lowest BCUT2D eigenvalue weighted by molar-refractivity contribution is -0.302. The van der Waals surface area contributed by atoms with Crippen molar-refractivity contribution < 1.29 is 71.4 Å². The molecule has 1 amide bonds. The zero-order chi connectivity index (χ0) is 49.3. The molecule has 0 spiro atoms. The highest BCUT2D eigenvalue weighted by atomic mass is 19.1. The van der Waals surface area contributed by atoms with Gasteiger partial charge in [0.25, 0.3) is 11.7 Å². The summed E-state index contributed by atoms with van der Waals surface area (Å²) in [5.41, 5.74) is 1.40. The lowest BCUT2D eigenvalue weighted by Crippen LogP contribution is -2.64. The van der Waals surface area contributed by atoms with Crippen LogP contribution in [0.25, 0.3) is 0 Å². The Balaban J connectivity index is 1.45. The third-order valence-corrected chi connectivity index (χ3v) is 14.5. The molecule has 2 saturated heterocycles. The van der Waals surface area contributed by atoms with Crippen molar-refractivity contribution in [1.82, 2.24) is 4.90 Å². The number of allylic oxidation sites excluding steroid dienone is 3. The highest BCUT2D eigenvalue weighted by Crippen LogP contribution is 2.39. The Bertz CT molecular complexity index is 1950. The Morgan fingerprint density at radius 1 is 0.896 bits per heavy atom. The first-order chi connectivity index (χ1) is 31.7. The maximum absolute atomic E-state index is 14.5. The summed E-state index contributed by atoms with van der Waals surface area (Å²) in [6.07, 6.45) is 2.63. The predicted molar refractivity (Wildman–Crippen MR) is 242 cm³/mol. The van der Waals surface area contributed by atoms with Crippen molar-refractivity contribution >= 4 is 29.2 Å². The predicted octanol–water partition coefficient (Wildman–Crippen LogP) is 6.66. The number of rotatable bonds is 10. The smallest absolute Gasteiger partial charge is 0.329 e. The van der Waals surface area contributed by atoms with Crippen molar-refractivity contribution in [1.29, 1.82) is 0 Å². The molecule has 1 aromatic rings. The molecule has 2 N–H and O–H groups in total. The molecule has 3 aliphatic heterocycles. The number of benzene rings is 1. The first-order valence-electron chi connectivity index (χ1n) is 24.0. The average molecular weight is 946 g/mol. The van der Waals surface area contributed by atoms with Crippen LogP contribution in [-0.2, 0) is 47.6 Å². The van der Waals surface area contributed by atoms with Crippen molar-refractivity contribution in [3.8, 4) is 0 Å². The molecular weight excluding hydrogens is 873 g/mol. The number of cyclic esters (lactones) is 1. The van der Waals surface area contributed by atoms with Gasteiger partial charge in [0, 0.05) is 63.7 Å². The van der Waals surface area contributed by atoms with Crippen LogP contribution < -0.4 is 0 Å². The Morgan fingerprint density at radius 2 is 1.55 bits per heavy atom. The largest absolute Gasteiger partial charge is 0.456 e. The molecule has 4 aliphatic rings. The number of hydrogen-bond donors (Lipinski definition) is 2. The van der Waals surface area contributed by atoms with Crippen LogP contribution in [-0.4, -0.2) is 133 Å². The molecule has 0 aromatic heterocycles. The van der Waals surface area contributed by atoms with Crippen LogP contribution in [0.2, 0.25) is 0 Å². The van der Waals surface area contributed by atoms with Crippen molar-refractivity contribution in [3.63, 3.8) is 0 Å². The molecule has 0 radical (unpaired) electrons. The lowest BCUT2D eigenvalue weighted by atomic mass is 9.81. The first-order valence-corrected chi connectivity index (χ1v) is 24.0. The minimum Gasteiger partial charge on any atom is -0.456 e. The number of halogens is 2. The summed E-state index contributed by atoms with van der Waals surface area (Å²) in [7, 11) is 4.55. The number of piperidine rings is 1. The van der Waals surface area contributed by atoms with E-state index in [0.29, 0.717) is 63.0 Å². The zero-order valence-electron chi connectivity index (χ0n) is 40.7. The van der Waals surface area contributed by atoms with E-state index in [2.05, 4.69) is 0 Å². The van der Waals surface area contributed by atoms with E-state index in [1.807, 2.05) is 32.9 Å². The fraction of sp³-hybridized carbons (Fsp3) is 0.706. The molecule has 14 atom stereocenters. The Hall–Kier alpha value is -3.77. The summed E-state index contributed by atoms with van der Waals surface area (Å²) in [4.78, 5) is 71.1. The van der Waals surface area contributed by atoms with Crippen LogP contribution in [0.3, 0.4) is 0 Å². The molecule has 14 nitrogen and oxygen atoms in total. The van der Waals surface area contributed by atoms with Crippen LogP contribution in [0.4, 0.5) is 8.78 Å². The minimum atomic E-state index is -2.55. The molecule has 3 heterocycles. The molecule has 1 saturated carbocycles. The number of fused-ring (bicyclic) bond motifs is 3. The second kappa shape index (κ2) is 24.2. The highest BCUT2D eigenvalue weighted by molar-refractivity contribution is 6.39. The van der Waals surface area contributed by atoms with Gasteiger partial charge in [0.05, 0.1) is 30.5 Å². The van der Waals surface area contributed by atoms with Crippen LogP contribution >= 0.6 is 0 Å². The number of nitrogens with zero attached hydrogens (tertiary/aromatic N) is 1. The Labute approximate surface area is 394 Å². The quantitative estimate of drug-likeness (QED) is 0.110. The first kappa shape index (κ1) is 54.2. The monoisotopic (exact) mass is 946 g/mol. The summed E-state index contributed by atoms with van der Waals surface area (Å²) < 4.78 is 63.6. The number of methoxy groups -OCH3 is 3. The number of ketones is 3. The molecular formula is C51H73F2NO13. The number of hydrogen-bond acceptors (Lipinski definition) is 13. The van der Waals surface area contributed by atoms with Crippen LogP contribution in [0.15, 0.2) is 41.5 Å². The molecule has 16 heteroatoms. The van der Waals surface area contributed by atoms with Gasteiger partial charge in [-0.3, -0.25) is 19.2 Å². The number of esters is 1. The minimum absolute atomic E-state index is 0.00273. The average Bonchev–Trinajstić information content (AvgIpc) is 3.30.